The van der Waals surface area contributed by atoms with Crippen molar-refractivity contribution in [1.82, 2.24) is 4.90 Å². The first-order chi connectivity index (χ1) is 10.2. The number of ether oxygens (including phenoxy) is 1. The van der Waals surface area contributed by atoms with Crippen molar-refractivity contribution in [3.05, 3.63) is 71.5 Å². The number of carbonyl (C=O) groups excluding carboxylic acids is 1. The molecule has 1 aliphatic rings. The van der Waals surface area contributed by atoms with E-state index in [1.807, 2.05) is 30.3 Å². The van der Waals surface area contributed by atoms with Gasteiger partial charge in [-0.25, -0.2) is 4.39 Å². The lowest BCUT2D eigenvalue weighted by atomic mass is 10.1. The van der Waals surface area contributed by atoms with Crippen molar-refractivity contribution in [2.45, 2.75) is 12.6 Å². The largest absolute Gasteiger partial charge is 0.352 e. The minimum absolute atomic E-state index is 0.00652. The van der Waals surface area contributed by atoms with Gasteiger partial charge >= 0.3 is 0 Å². The topological polar surface area (TPSA) is 29.5 Å². The van der Waals surface area contributed by atoms with Gasteiger partial charge < -0.3 is 9.64 Å². The number of rotatable bonds is 3. The summed E-state index contributed by atoms with van der Waals surface area (Å²) in [5, 5.41) is 0. The Bertz CT molecular complexity index is 612. The van der Waals surface area contributed by atoms with E-state index in [0.29, 0.717) is 13.2 Å². The molecule has 0 aromatic heterocycles. The molecule has 1 amide bonds. The average Bonchev–Trinajstić information content (AvgIpc) is 3.00. The van der Waals surface area contributed by atoms with E-state index in [0.717, 1.165) is 11.1 Å². The number of carbonyl (C=O) groups is 1. The fourth-order valence-electron chi connectivity index (χ4n) is 2.50. The smallest absolute Gasteiger partial charge is 0.229 e. The van der Waals surface area contributed by atoms with Crippen LogP contribution in [0.15, 0.2) is 54.6 Å². The van der Waals surface area contributed by atoms with Gasteiger partial charge in [0.1, 0.15) is 5.82 Å². The SMILES string of the molecule is O=C(Cc1ccc(F)cc1)N1CCOC1c1ccccc1. The van der Waals surface area contributed by atoms with Gasteiger partial charge in [0.25, 0.3) is 0 Å². The molecule has 0 N–H and O–H groups in total. The van der Waals surface area contributed by atoms with Gasteiger partial charge in [-0.1, -0.05) is 42.5 Å². The Kier molecular flexibility index (Phi) is 3.97. The monoisotopic (exact) mass is 285 g/mol. The van der Waals surface area contributed by atoms with Crippen molar-refractivity contribution >= 4 is 5.91 Å². The standard InChI is InChI=1S/C17H16FNO2/c18-15-8-6-13(7-9-15)12-16(20)19-10-11-21-17(19)14-4-2-1-3-5-14/h1-9,17H,10-12H2. The lowest BCUT2D eigenvalue weighted by Crippen LogP contribution is -2.32. The van der Waals surface area contributed by atoms with Crippen LogP contribution < -0.4 is 0 Å². The Morgan fingerprint density at radius 1 is 1.14 bits per heavy atom. The predicted octanol–water partition coefficient (Wildman–Crippen LogP) is 2.93. The fraction of sp³-hybridized carbons (Fsp3) is 0.235. The number of hydrogen-bond donors (Lipinski definition) is 0. The summed E-state index contributed by atoms with van der Waals surface area (Å²) in [5.41, 5.74) is 1.78. The zero-order chi connectivity index (χ0) is 14.7. The lowest BCUT2D eigenvalue weighted by Gasteiger charge is -2.23. The van der Waals surface area contributed by atoms with Gasteiger partial charge in [-0.05, 0) is 17.7 Å². The van der Waals surface area contributed by atoms with E-state index in [1.165, 1.54) is 12.1 Å². The van der Waals surface area contributed by atoms with E-state index in [2.05, 4.69) is 0 Å². The molecular formula is C17H16FNO2. The molecule has 1 aliphatic heterocycles. The van der Waals surface area contributed by atoms with Crippen LogP contribution in [0.2, 0.25) is 0 Å². The minimum atomic E-state index is -0.320. The summed E-state index contributed by atoms with van der Waals surface area (Å²) in [6.45, 7) is 1.12. The van der Waals surface area contributed by atoms with E-state index < -0.39 is 0 Å². The third-order valence-electron chi connectivity index (χ3n) is 3.56. The molecule has 0 radical (unpaired) electrons. The van der Waals surface area contributed by atoms with Crippen molar-refractivity contribution in [3.8, 4) is 0 Å². The van der Waals surface area contributed by atoms with Crippen molar-refractivity contribution in [1.29, 1.82) is 0 Å². The first kappa shape index (κ1) is 13.8. The molecule has 21 heavy (non-hydrogen) atoms. The van der Waals surface area contributed by atoms with Crippen LogP contribution in [0.25, 0.3) is 0 Å². The van der Waals surface area contributed by atoms with Crippen LogP contribution in [0.4, 0.5) is 4.39 Å². The Morgan fingerprint density at radius 2 is 1.86 bits per heavy atom. The first-order valence-corrected chi connectivity index (χ1v) is 6.94. The molecule has 1 atom stereocenters. The van der Waals surface area contributed by atoms with Crippen LogP contribution in [0.3, 0.4) is 0 Å². The summed E-state index contributed by atoms with van der Waals surface area (Å²) in [4.78, 5) is 14.2. The summed E-state index contributed by atoms with van der Waals surface area (Å²) in [5.74, 6) is -0.300. The van der Waals surface area contributed by atoms with Gasteiger partial charge in [0.15, 0.2) is 6.23 Å². The highest BCUT2D eigenvalue weighted by atomic mass is 19.1. The molecule has 0 saturated carbocycles. The van der Waals surface area contributed by atoms with E-state index in [-0.39, 0.29) is 24.4 Å². The van der Waals surface area contributed by atoms with E-state index in [1.54, 1.807) is 17.0 Å². The predicted molar refractivity (Wildman–Crippen MR) is 77.0 cm³/mol. The van der Waals surface area contributed by atoms with E-state index in [9.17, 15) is 9.18 Å². The van der Waals surface area contributed by atoms with Crippen molar-refractivity contribution in [2.75, 3.05) is 13.2 Å². The highest BCUT2D eigenvalue weighted by Crippen LogP contribution is 2.27. The fourth-order valence-corrected chi connectivity index (χ4v) is 2.50. The van der Waals surface area contributed by atoms with Crippen LogP contribution in [0.5, 0.6) is 0 Å². The molecule has 3 rings (SSSR count). The first-order valence-electron chi connectivity index (χ1n) is 6.94. The lowest BCUT2D eigenvalue weighted by molar-refractivity contribution is -0.135. The second kappa shape index (κ2) is 6.06. The Morgan fingerprint density at radius 3 is 2.57 bits per heavy atom. The molecule has 0 spiro atoms. The van der Waals surface area contributed by atoms with E-state index in [4.69, 9.17) is 4.74 Å². The van der Waals surface area contributed by atoms with Gasteiger partial charge in [0, 0.05) is 12.1 Å². The molecule has 1 fully saturated rings. The van der Waals surface area contributed by atoms with Crippen LogP contribution in [0.1, 0.15) is 17.4 Å². The normalized spacial score (nSPS) is 18.0. The molecular weight excluding hydrogens is 269 g/mol. The van der Waals surface area contributed by atoms with Crippen LogP contribution in [-0.4, -0.2) is 24.0 Å². The second-order valence-corrected chi connectivity index (χ2v) is 5.02. The summed E-state index contributed by atoms with van der Waals surface area (Å²) >= 11 is 0. The highest BCUT2D eigenvalue weighted by molar-refractivity contribution is 5.79. The molecule has 1 unspecified atom stereocenters. The van der Waals surface area contributed by atoms with Gasteiger partial charge in [-0.3, -0.25) is 4.79 Å². The Labute approximate surface area is 123 Å². The number of benzene rings is 2. The Balaban J connectivity index is 1.73. The summed E-state index contributed by atoms with van der Waals surface area (Å²) in [7, 11) is 0. The van der Waals surface area contributed by atoms with Crippen molar-refractivity contribution < 1.29 is 13.9 Å². The molecule has 108 valence electrons. The van der Waals surface area contributed by atoms with E-state index >= 15 is 0 Å². The molecule has 0 bridgehead atoms. The molecule has 0 aliphatic carbocycles. The number of halogens is 1. The Hall–Kier alpha value is -2.20. The van der Waals surface area contributed by atoms with Gasteiger partial charge in [0.05, 0.1) is 13.0 Å². The zero-order valence-corrected chi connectivity index (χ0v) is 11.5. The quantitative estimate of drug-likeness (QED) is 0.868. The molecule has 4 heteroatoms. The van der Waals surface area contributed by atoms with Crippen LogP contribution in [0, 0.1) is 5.82 Å². The summed E-state index contributed by atoms with van der Waals surface area (Å²) in [6, 6.07) is 15.7. The number of amides is 1. The maximum atomic E-state index is 12.9. The third-order valence-corrected chi connectivity index (χ3v) is 3.56. The molecule has 1 saturated heterocycles. The van der Waals surface area contributed by atoms with Gasteiger partial charge in [0.2, 0.25) is 5.91 Å². The van der Waals surface area contributed by atoms with Crippen molar-refractivity contribution in [2.24, 2.45) is 0 Å². The molecule has 2 aromatic rings. The number of nitrogens with zero attached hydrogens (tertiary/aromatic N) is 1. The molecule has 1 heterocycles. The highest BCUT2D eigenvalue weighted by Gasteiger charge is 2.30. The van der Waals surface area contributed by atoms with Gasteiger partial charge in [-0.2, -0.15) is 0 Å². The summed E-state index contributed by atoms with van der Waals surface area (Å²) in [6.07, 6.45) is -0.0633. The van der Waals surface area contributed by atoms with Crippen molar-refractivity contribution in [3.63, 3.8) is 0 Å². The minimum Gasteiger partial charge on any atom is -0.352 e. The van der Waals surface area contributed by atoms with Gasteiger partial charge in [-0.15, -0.1) is 0 Å². The second-order valence-electron chi connectivity index (χ2n) is 5.02. The molecule has 3 nitrogen and oxygen atoms in total. The molecule has 2 aromatic carbocycles. The average molecular weight is 285 g/mol. The maximum absolute atomic E-state index is 12.9. The number of hydrogen-bond acceptors (Lipinski definition) is 2. The maximum Gasteiger partial charge on any atom is 0.229 e. The summed E-state index contributed by atoms with van der Waals surface area (Å²) < 4.78 is 18.6. The zero-order valence-electron chi connectivity index (χ0n) is 11.5. The van der Waals surface area contributed by atoms with Crippen LogP contribution >= 0.6 is 0 Å². The van der Waals surface area contributed by atoms with Crippen LogP contribution in [-0.2, 0) is 16.0 Å². The third kappa shape index (κ3) is 3.11.